The van der Waals surface area contributed by atoms with E-state index in [9.17, 15) is 19.7 Å². The number of carbonyl (C=O) groups is 2. The highest BCUT2D eigenvalue weighted by molar-refractivity contribution is 7.21. The standard InChI is InChI=1S/C35H44N2O6S/c1-3-5-9-23-13-17-25(18-14-23)34(38)42-30-22-29(37(40)41)31(21-27(30)33-36-28-11-7-8-12-32(28)44-33)43-35(39)26-19-15-24(16-20-26)10-6-4-2/h7-8,11-12,21-26H,3-6,9-10,13-20H2,1-2H3/t23-,24-,25-,26-. The summed E-state index contributed by atoms with van der Waals surface area (Å²) in [6.07, 6.45) is 13.9. The van der Waals surface area contributed by atoms with Crippen LogP contribution in [0.4, 0.5) is 5.69 Å². The molecule has 0 spiro atoms. The first kappa shape index (κ1) is 32.1. The van der Waals surface area contributed by atoms with Crippen LogP contribution in [0.3, 0.4) is 0 Å². The summed E-state index contributed by atoms with van der Waals surface area (Å²) in [5.41, 5.74) is 0.783. The van der Waals surface area contributed by atoms with Crippen LogP contribution in [0.2, 0.25) is 0 Å². The maximum atomic E-state index is 13.4. The van der Waals surface area contributed by atoms with E-state index >= 15 is 0 Å². The molecule has 1 heterocycles. The number of carbonyl (C=O) groups excluding carboxylic acids is 2. The molecule has 3 aromatic rings. The van der Waals surface area contributed by atoms with Crippen molar-refractivity contribution in [2.75, 3.05) is 0 Å². The number of thiazole rings is 1. The van der Waals surface area contributed by atoms with Crippen molar-refractivity contribution in [3.8, 4) is 22.1 Å². The SMILES string of the molecule is CCCC[C@H]1CC[C@H](C(=O)Oc2cc([N+](=O)[O-])c(OC(=O)[C@H]3CC[C@H](CCCC)CC3)cc2-c2nc3ccccc3s2)CC1. The van der Waals surface area contributed by atoms with Gasteiger partial charge in [0.15, 0.2) is 0 Å². The van der Waals surface area contributed by atoms with E-state index in [-0.39, 0.29) is 29.3 Å². The normalized spacial score (nSPS) is 22.0. The Labute approximate surface area is 263 Å². The fraction of sp³-hybridized carbons (Fsp3) is 0.571. The number of nitro groups is 1. The minimum Gasteiger partial charge on any atom is -0.425 e. The summed E-state index contributed by atoms with van der Waals surface area (Å²) in [6.45, 7) is 4.38. The van der Waals surface area contributed by atoms with Gasteiger partial charge in [-0.05, 0) is 75.3 Å². The second-order valence-electron chi connectivity index (χ2n) is 12.6. The highest BCUT2D eigenvalue weighted by atomic mass is 32.1. The van der Waals surface area contributed by atoms with Crippen LogP contribution >= 0.6 is 11.3 Å². The molecule has 2 saturated carbocycles. The Morgan fingerprint density at radius 2 is 1.39 bits per heavy atom. The molecule has 0 N–H and O–H groups in total. The molecule has 9 heteroatoms. The van der Waals surface area contributed by atoms with Gasteiger partial charge in [-0.3, -0.25) is 19.7 Å². The van der Waals surface area contributed by atoms with E-state index in [1.807, 2.05) is 24.3 Å². The van der Waals surface area contributed by atoms with Crippen LogP contribution in [0.25, 0.3) is 20.8 Å². The van der Waals surface area contributed by atoms with Crippen molar-refractivity contribution < 1.29 is 24.0 Å². The molecule has 236 valence electrons. The van der Waals surface area contributed by atoms with E-state index in [0.29, 0.717) is 22.4 Å². The zero-order valence-corrected chi connectivity index (χ0v) is 26.7. The Balaban J connectivity index is 1.40. The van der Waals surface area contributed by atoms with Crippen LogP contribution < -0.4 is 9.47 Å². The molecule has 0 radical (unpaired) electrons. The van der Waals surface area contributed by atoms with Gasteiger partial charge in [-0.1, -0.05) is 64.5 Å². The number of aromatic nitrogens is 1. The van der Waals surface area contributed by atoms with Crippen LogP contribution in [-0.4, -0.2) is 21.8 Å². The van der Waals surface area contributed by atoms with Crippen molar-refractivity contribution in [2.45, 2.75) is 104 Å². The van der Waals surface area contributed by atoms with E-state index < -0.39 is 16.6 Å². The molecule has 2 aliphatic carbocycles. The lowest BCUT2D eigenvalue weighted by atomic mass is 9.80. The third-order valence-electron chi connectivity index (χ3n) is 9.50. The summed E-state index contributed by atoms with van der Waals surface area (Å²) in [6, 6.07) is 10.3. The number of fused-ring (bicyclic) bond motifs is 1. The first-order valence-electron chi connectivity index (χ1n) is 16.5. The van der Waals surface area contributed by atoms with E-state index in [0.717, 1.165) is 68.0 Å². The van der Waals surface area contributed by atoms with Gasteiger partial charge in [0, 0.05) is 6.07 Å². The third kappa shape index (κ3) is 7.84. The molecule has 44 heavy (non-hydrogen) atoms. The average molecular weight is 621 g/mol. The summed E-state index contributed by atoms with van der Waals surface area (Å²) in [5, 5.41) is 12.8. The van der Waals surface area contributed by atoms with E-state index in [2.05, 4.69) is 13.8 Å². The molecule has 2 aliphatic rings. The zero-order chi connectivity index (χ0) is 31.1. The van der Waals surface area contributed by atoms with Crippen LogP contribution in [0, 0.1) is 33.8 Å². The van der Waals surface area contributed by atoms with Gasteiger partial charge in [0.2, 0.25) is 5.75 Å². The smallest absolute Gasteiger partial charge is 0.315 e. The van der Waals surface area contributed by atoms with Gasteiger partial charge in [-0.2, -0.15) is 0 Å². The van der Waals surface area contributed by atoms with Gasteiger partial charge in [0.05, 0.1) is 38.6 Å². The van der Waals surface area contributed by atoms with E-state index in [4.69, 9.17) is 14.5 Å². The minimum atomic E-state index is -0.581. The molecule has 2 aromatic carbocycles. The first-order valence-corrected chi connectivity index (χ1v) is 17.3. The number of esters is 2. The van der Waals surface area contributed by atoms with Crippen molar-refractivity contribution in [2.24, 2.45) is 23.7 Å². The Morgan fingerprint density at radius 1 is 0.841 bits per heavy atom. The molecule has 0 unspecified atom stereocenters. The Hall–Kier alpha value is -3.33. The lowest BCUT2D eigenvalue weighted by molar-refractivity contribution is -0.385. The number of benzene rings is 2. The fourth-order valence-corrected chi connectivity index (χ4v) is 7.74. The molecule has 0 amide bonds. The van der Waals surface area contributed by atoms with Gasteiger partial charge in [0.1, 0.15) is 10.8 Å². The van der Waals surface area contributed by atoms with Crippen molar-refractivity contribution in [3.05, 3.63) is 46.5 Å². The molecule has 2 fully saturated rings. The average Bonchev–Trinajstić information content (AvgIpc) is 3.48. The summed E-state index contributed by atoms with van der Waals surface area (Å²) < 4.78 is 12.7. The summed E-state index contributed by atoms with van der Waals surface area (Å²) >= 11 is 1.40. The van der Waals surface area contributed by atoms with Crippen LogP contribution in [-0.2, 0) is 9.59 Å². The number of para-hydroxylation sites is 1. The molecule has 0 atom stereocenters. The number of nitro benzene ring substituents is 1. The van der Waals surface area contributed by atoms with Gasteiger partial charge < -0.3 is 9.47 Å². The zero-order valence-electron chi connectivity index (χ0n) is 25.9. The Morgan fingerprint density at radius 3 is 1.91 bits per heavy atom. The highest BCUT2D eigenvalue weighted by Gasteiger charge is 2.33. The number of rotatable bonds is 12. The largest absolute Gasteiger partial charge is 0.425 e. The fourth-order valence-electron chi connectivity index (χ4n) is 6.76. The van der Waals surface area contributed by atoms with Crippen molar-refractivity contribution in [3.63, 3.8) is 0 Å². The van der Waals surface area contributed by atoms with Crippen LogP contribution in [0.5, 0.6) is 11.5 Å². The molecule has 5 rings (SSSR count). The Kier molecular flexibility index (Phi) is 11.0. The number of ether oxygens (including phenoxy) is 2. The maximum absolute atomic E-state index is 13.4. The number of nitrogens with zero attached hydrogens (tertiary/aromatic N) is 2. The van der Waals surface area contributed by atoms with E-state index in [1.54, 1.807) is 0 Å². The molecule has 8 nitrogen and oxygen atoms in total. The second-order valence-corrected chi connectivity index (χ2v) is 13.7. The van der Waals surface area contributed by atoms with Gasteiger partial charge in [-0.15, -0.1) is 11.3 Å². The Bertz CT molecular complexity index is 1420. The maximum Gasteiger partial charge on any atom is 0.315 e. The molecule has 1 aromatic heterocycles. The molecular formula is C35H44N2O6S. The molecular weight excluding hydrogens is 576 g/mol. The molecule has 0 saturated heterocycles. The summed E-state index contributed by atoms with van der Waals surface area (Å²) in [5.74, 6) is -0.160. The van der Waals surface area contributed by atoms with Gasteiger partial charge >= 0.3 is 17.6 Å². The minimum absolute atomic E-state index is 0.0742. The lowest BCUT2D eigenvalue weighted by Gasteiger charge is -2.27. The van der Waals surface area contributed by atoms with Crippen molar-refractivity contribution >= 4 is 39.2 Å². The third-order valence-corrected chi connectivity index (χ3v) is 10.6. The quantitative estimate of drug-likeness (QED) is 0.0858. The van der Waals surface area contributed by atoms with Crippen LogP contribution in [0.15, 0.2) is 36.4 Å². The number of hydrogen-bond donors (Lipinski definition) is 0. The highest BCUT2D eigenvalue weighted by Crippen LogP contribution is 2.44. The van der Waals surface area contributed by atoms with E-state index in [1.165, 1.54) is 55.6 Å². The second kappa shape index (κ2) is 15.1. The number of unbranched alkanes of at least 4 members (excludes halogenated alkanes) is 2. The monoisotopic (exact) mass is 620 g/mol. The van der Waals surface area contributed by atoms with Crippen molar-refractivity contribution in [1.29, 1.82) is 0 Å². The summed E-state index contributed by atoms with van der Waals surface area (Å²) in [4.78, 5) is 43.1. The lowest BCUT2D eigenvalue weighted by Crippen LogP contribution is -2.26. The van der Waals surface area contributed by atoms with Crippen molar-refractivity contribution in [1.82, 2.24) is 4.98 Å². The molecule has 0 aliphatic heterocycles. The van der Waals surface area contributed by atoms with Gasteiger partial charge in [0.25, 0.3) is 0 Å². The topological polar surface area (TPSA) is 109 Å². The van der Waals surface area contributed by atoms with Gasteiger partial charge in [-0.25, -0.2) is 4.98 Å². The predicted octanol–water partition coefficient (Wildman–Crippen LogP) is 9.68. The first-order chi connectivity index (χ1) is 21.4. The summed E-state index contributed by atoms with van der Waals surface area (Å²) in [7, 11) is 0. The van der Waals surface area contributed by atoms with Crippen LogP contribution in [0.1, 0.15) is 104 Å². The molecule has 0 bridgehead atoms. The predicted molar refractivity (Wildman–Crippen MR) is 173 cm³/mol. The number of hydrogen-bond acceptors (Lipinski definition) is 8.